The molecule has 0 spiro atoms. The molecular formula is C11H14BrNO. The van der Waals surface area contributed by atoms with E-state index in [0.717, 1.165) is 23.1 Å². The van der Waals surface area contributed by atoms with Crippen molar-refractivity contribution in [2.24, 2.45) is 0 Å². The first-order chi connectivity index (χ1) is 6.81. The molecular weight excluding hydrogens is 242 g/mol. The lowest BCUT2D eigenvalue weighted by molar-refractivity contribution is 0.282. The molecule has 0 unspecified atom stereocenters. The third-order valence-electron chi connectivity index (χ3n) is 2.66. The first-order valence-electron chi connectivity index (χ1n) is 4.95. The van der Waals surface area contributed by atoms with Gasteiger partial charge in [-0.1, -0.05) is 22.0 Å². The second-order valence-electron chi connectivity index (χ2n) is 3.63. The standard InChI is InChI=1S/C11H14BrNO/c12-10-4-3-9(8-14)11(7-10)13-5-1-2-6-13/h3-4,7,14H,1-2,5-6,8H2. The number of benzene rings is 1. The van der Waals surface area contributed by atoms with E-state index in [1.54, 1.807) is 0 Å². The van der Waals surface area contributed by atoms with E-state index in [1.165, 1.54) is 18.5 Å². The quantitative estimate of drug-likeness (QED) is 0.878. The molecule has 1 N–H and O–H groups in total. The van der Waals surface area contributed by atoms with Crippen molar-refractivity contribution in [1.82, 2.24) is 0 Å². The zero-order valence-corrected chi connectivity index (χ0v) is 9.63. The van der Waals surface area contributed by atoms with Crippen LogP contribution < -0.4 is 4.90 Å². The average Bonchev–Trinajstić information content (AvgIpc) is 2.70. The van der Waals surface area contributed by atoms with Crippen LogP contribution in [0.25, 0.3) is 0 Å². The largest absolute Gasteiger partial charge is 0.392 e. The van der Waals surface area contributed by atoms with E-state index in [2.05, 4.69) is 26.9 Å². The molecule has 1 heterocycles. The average molecular weight is 256 g/mol. The molecule has 1 aliphatic heterocycles. The first-order valence-corrected chi connectivity index (χ1v) is 5.75. The topological polar surface area (TPSA) is 23.5 Å². The first kappa shape index (κ1) is 9.99. The van der Waals surface area contributed by atoms with Gasteiger partial charge in [0.2, 0.25) is 0 Å². The lowest BCUT2D eigenvalue weighted by atomic mass is 10.2. The van der Waals surface area contributed by atoms with E-state index >= 15 is 0 Å². The van der Waals surface area contributed by atoms with Gasteiger partial charge in [0.25, 0.3) is 0 Å². The van der Waals surface area contributed by atoms with Gasteiger partial charge in [0, 0.05) is 28.8 Å². The molecule has 2 nitrogen and oxygen atoms in total. The highest BCUT2D eigenvalue weighted by Gasteiger charge is 2.15. The molecule has 1 aromatic carbocycles. The van der Waals surface area contributed by atoms with Crippen LogP contribution in [0.2, 0.25) is 0 Å². The molecule has 76 valence electrons. The molecule has 0 amide bonds. The Hall–Kier alpha value is -0.540. The van der Waals surface area contributed by atoms with Crippen molar-refractivity contribution in [2.45, 2.75) is 19.4 Å². The Morgan fingerprint density at radius 1 is 1.29 bits per heavy atom. The van der Waals surface area contributed by atoms with E-state index in [1.807, 2.05) is 12.1 Å². The van der Waals surface area contributed by atoms with Gasteiger partial charge in [-0.05, 0) is 25.0 Å². The summed E-state index contributed by atoms with van der Waals surface area (Å²) in [4.78, 5) is 2.34. The molecule has 0 bridgehead atoms. The second-order valence-corrected chi connectivity index (χ2v) is 4.54. The van der Waals surface area contributed by atoms with Gasteiger partial charge in [0.1, 0.15) is 0 Å². The summed E-state index contributed by atoms with van der Waals surface area (Å²) in [7, 11) is 0. The summed E-state index contributed by atoms with van der Waals surface area (Å²) in [5, 5.41) is 9.23. The molecule has 0 radical (unpaired) electrons. The molecule has 1 fully saturated rings. The van der Waals surface area contributed by atoms with E-state index in [9.17, 15) is 5.11 Å². The third-order valence-corrected chi connectivity index (χ3v) is 3.16. The predicted octanol–water partition coefficient (Wildman–Crippen LogP) is 2.54. The number of aliphatic hydroxyl groups excluding tert-OH is 1. The lowest BCUT2D eigenvalue weighted by Crippen LogP contribution is -2.19. The second kappa shape index (κ2) is 4.32. The fraction of sp³-hybridized carbons (Fsp3) is 0.455. The number of aliphatic hydroxyl groups is 1. The SMILES string of the molecule is OCc1ccc(Br)cc1N1CCCC1. The van der Waals surface area contributed by atoms with Crippen LogP contribution in [0, 0.1) is 0 Å². The van der Waals surface area contributed by atoms with Crippen LogP contribution in [0.4, 0.5) is 5.69 Å². The Labute approximate surface area is 92.7 Å². The van der Waals surface area contributed by atoms with Gasteiger partial charge in [0.05, 0.1) is 6.61 Å². The Bertz CT molecular complexity index is 321. The van der Waals surface area contributed by atoms with Crippen molar-refractivity contribution < 1.29 is 5.11 Å². The fourth-order valence-corrected chi connectivity index (χ4v) is 2.27. The third kappa shape index (κ3) is 1.93. The zero-order valence-electron chi connectivity index (χ0n) is 8.04. The number of anilines is 1. The molecule has 1 aromatic rings. The number of halogens is 1. The van der Waals surface area contributed by atoms with Crippen LogP contribution >= 0.6 is 15.9 Å². The number of rotatable bonds is 2. The Kier molecular flexibility index (Phi) is 3.08. The lowest BCUT2D eigenvalue weighted by Gasteiger charge is -2.20. The van der Waals surface area contributed by atoms with Crippen molar-refractivity contribution in [1.29, 1.82) is 0 Å². The van der Waals surface area contributed by atoms with Gasteiger partial charge >= 0.3 is 0 Å². The summed E-state index contributed by atoms with van der Waals surface area (Å²) < 4.78 is 1.08. The maximum absolute atomic E-state index is 9.23. The maximum Gasteiger partial charge on any atom is 0.0702 e. The Balaban J connectivity index is 2.33. The van der Waals surface area contributed by atoms with Crippen LogP contribution in [-0.2, 0) is 6.61 Å². The minimum Gasteiger partial charge on any atom is -0.392 e. The summed E-state index contributed by atoms with van der Waals surface area (Å²) in [5.74, 6) is 0. The summed E-state index contributed by atoms with van der Waals surface area (Å²) in [6.07, 6.45) is 2.52. The molecule has 14 heavy (non-hydrogen) atoms. The maximum atomic E-state index is 9.23. The summed E-state index contributed by atoms with van der Waals surface area (Å²) >= 11 is 3.46. The molecule has 1 saturated heterocycles. The van der Waals surface area contributed by atoms with Crippen molar-refractivity contribution in [2.75, 3.05) is 18.0 Å². The van der Waals surface area contributed by atoms with Gasteiger partial charge in [0.15, 0.2) is 0 Å². The van der Waals surface area contributed by atoms with Gasteiger partial charge < -0.3 is 10.0 Å². The minimum absolute atomic E-state index is 0.124. The van der Waals surface area contributed by atoms with Crippen molar-refractivity contribution in [3.05, 3.63) is 28.2 Å². The molecule has 2 rings (SSSR count). The summed E-state index contributed by atoms with van der Waals surface area (Å²) in [5.41, 5.74) is 2.20. The van der Waals surface area contributed by atoms with Gasteiger partial charge in [-0.3, -0.25) is 0 Å². The Morgan fingerprint density at radius 3 is 2.64 bits per heavy atom. The zero-order chi connectivity index (χ0) is 9.97. The molecule has 0 saturated carbocycles. The van der Waals surface area contributed by atoms with E-state index < -0.39 is 0 Å². The van der Waals surface area contributed by atoms with E-state index in [4.69, 9.17) is 0 Å². The highest BCUT2D eigenvalue weighted by Crippen LogP contribution is 2.27. The van der Waals surface area contributed by atoms with Crippen molar-refractivity contribution in [3.8, 4) is 0 Å². The molecule has 1 aliphatic rings. The van der Waals surface area contributed by atoms with Gasteiger partial charge in [-0.25, -0.2) is 0 Å². The fourth-order valence-electron chi connectivity index (χ4n) is 1.92. The van der Waals surface area contributed by atoms with Crippen LogP contribution in [0.3, 0.4) is 0 Å². The smallest absolute Gasteiger partial charge is 0.0702 e. The van der Waals surface area contributed by atoms with E-state index in [0.29, 0.717) is 0 Å². The number of hydrogen-bond acceptors (Lipinski definition) is 2. The summed E-state index contributed by atoms with van der Waals surface area (Å²) in [6.45, 7) is 2.35. The number of nitrogens with zero attached hydrogens (tertiary/aromatic N) is 1. The molecule has 0 aromatic heterocycles. The van der Waals surface area contributed by atoms with E-state index in [-0.39, 0.29) is 6.61 Å². The van der Waals surface area contributed by atoms with Crippen LogP contribution in [0.5, 0.6) is 0 Å². The predicted molar refractivity (Wildman–Crippen MR) is 61.5 cm³/mol. The number of hydrogen-bond donors (Lipinski definition) is 1. The summed E-state index contributed by atoms with van der Waals surface area (Å²) in [6, 6.07) is 6.06. The molecule has 0 atom stereocenters. The normalized spacial score (nSPS) is 16.3. The molecule has 0 aliphatic carbocycles. The minimum atomic E-state index is 0.124. The van der Waals surface area contributed by atoms with Crippen molar-refractivity contribution >= 4 is 21.6 Å². The Morgan fingerprint density at radius 2 is 2.00 bits per heavy atom. The van der Waals surface area contributed by atoms with Gasteiger partial charge in [-0.15, -0.1) is 0 Å². The van der Waals surface area contributed by atoms with Crippen LogP contribution in [0.1, 0.15) is 18.4 Å². The molecule has 3 heteroatoms. The van der Waals surface area contributed by atoms with Gasteiger partial charge in [-0.2, -0.15) is 0 Å². The monoisotopic (exact) mass is 255 g/mol. The van der Waals surface area contributed by atoms with Crippen molar-refractivity contribution in [3.63, 3.8) is 0 Å². The van der Waals surface area contributed by atoms with Crippen LogP contribution in [0.15, 0.2) is 22.7 Å². The van der Waals surface area contributed by atoms with Crippen LogP contribution in [-0.4, -0.2) is 18.2 Å². The highest BCUT2D eigenvalue weighted by molar-refractivity contribution is 9.10. The highest BCUT2D eigenvalue weighted by atomic mass is 79.9.